The summed E-state index contributed by atoms with van der Waals surface area (Å²) in [4.78, 5) is 0. The third-order valence-electron chi connectivity index (χ3n) is 7.67. The van der Waals surface area contributed by atoms with E-state index < -0.39 is 0 Å². The van der Waals surface area contributed by atoms with Crippen LogP contribution in [-0.4, -0.2) is 11.2 Å². The molecule has 4 rings (SSSR count). The molecule has 1 heteroatoms. The average molecular weight is 298 g/mol. The fourth-order valence-corrected chi connectivity index (χ4v) is 6.15. The summed E-state index contributed by atoms with van der Waals surface area (Å²) in [6, 6.07) is 4.78. The zero-order valence-corrected chi connectivity index (χ0v) is 14.4. The molecule has 0 bridgehead atoms. The van der Waals surface area contributed by atoms with Crippen LogP contribution in [0.15, 0.2) is 12.1 Å². The van der Waals surface area contributed by atoms with Crippen molar-refractivity contribution in [3.63, 3.8) is 0 Å². The van der Waals surface area contributed by atoms with Crippen molar-refractivity contribution in [1.29, 1.82) is 0 Å². The van der Waals surface area contributed by atoms with E-state index in [0.29, 0.717) is 5.41 Å². The normalized spacial score (nSPS) is 40.5. The van der Waals surface area contributed by atoms with Crippen molar-refractivity contribution in [2.45, 2.75) is 77.7 Å². The predicted molar refractivity (Wildman–Crippen MR) is 91.2 cm³/mol. The fourth-order valence-electron chi connectivity index (χ4n) is 6.15. The molecule has 0 unspecified atom stereocenters. The molecule has 0 radical (unpaired) electrons. The minimum atomic E-state index is -0.0320. The third-order valence-corrected chi connectivity index (χ3v) is 7.67. The van der Waals surface area contributed by atoms with E-state index >= 15 is 0 Å². The van der Waals surface area contributed by atoms with Gasteiger partial charge in [-0.15, -0.1) is 0 Å². The monoisotopic (exact) mass is 298 g/mol. The van der Waals surface area contributed by atoms with E-state index in [1.54, 1.807) is 16.7 Å². The van der Waals surface area contributed by atoms with E-state index in [-0.39, 0.29) is 6.10 Å². The number of hydrogen-bond acceptors (Lipinski definition) is 1. The second-order valence-corrected chi connectivity index (χ2v) is 8.54. The van der Waals surface area contributed by atoms with Gasteiger partial charge in [0.15, 0.2) is 0 Å². The van der Waals surface area contributed by atoms with E-state index in [1.165, 1.54) is 37.7 Å². The molecule has 1 aromatic rings. The maximum Gasteiger partial charge on any atom is 0.0543 e. The summed E-state index contributed by atoms with van der Waals surface area (Å²) in [5.74, 6) is 2.37. The van der Waals surface area contributed by atoms with Crippen LogP contribution in [0.25, 0.3) is 0 Å². The lowest BCUT2D eigenvalue weighted by Crippen LogP contribution is -2.48. The third kappa shape index (κ3) is 2.01. The topological polar surface area (TPSA) is 20.2 Å². The molecule has 1 N–H and O–H groups in total. The number of fused-ring (bicyclic) bond motifs is 5. The van der Waals surface area contributed by atoms with Gasteiger partial charge in [-0.25, -0.2) is 0 Å². The number of aryl methyl sites for hydroxylation is 1. The summed E-state index contributed by atoms with van der Waals surface area (Å²) in [5, 5.41) is 10.1. The number of aliphatic hydroxyl groups is 1. The first kappa shape index (κ1) is 14.8. The predicted octanol–water partition coefficient (Wildman–Crippen LogP) is 4.91. The lowest BCUT2D eigenvalue weighted by molar-refractivity contribution is -0.0606. The van der Waals surface area contributed by atoms with E-state index in [0.717, 1.165) is 30.6 Å². The Hall–Kier alpha value is -0.820. The van der Waals surface area contributed by atoms with Gasteiger partial charge in [0.1, 0.15) is 0 Å². The molecule has 3 aliphatic carbocycles. The summed E-state index contributed by atoms with van der Waals surface area (Å²) in [5.41, 5.74) is 6.81. The summed E-state index contributed by atoms with van der Waals surface area (Å²) in [6.45, 7) is 7.12. The number of benzene rings is 1. The highest BCUT2D eigenvalue weighted by Gasteiger charge is 2.51. The summed E-state index contributed by atoms with van der Waals surface area (Å²) in [6.07, 6.45) is 8.58. The van der Waals surface area contributed by atoms with Crippen molar-refractivity contribution >= 4 is 0 Å². The van der Waals surface area contributed by atoms with Crippen molar-refractivity contribution in [3.05, 3.63) is 34.4 Å². The minimum Gasteiger partial charge on any atom is -0.393 e. The maximum atomic E-state index is 10.1. The Kier molecular flexibility index (Phi) is 3.41. The van der Waals surface area contributed by atoms with Gasteiger partial charge in [0.05, 0.1) is 6.10 Å². The van der Waals surface area contributed by atoms with Gasteiger partial charge in [-0.3, -0.25) is 0 Å². The van der Waals surface area contributed by atoms with Gasteiger partial charge in [-0.05, 0) is 104 Å². The molecule has 0 saturated heterocycles. The van der Waals surface area contributed by atoms with Gasteiger partial charge in [-0.1, -0.05) is 19.1 Å². The molecule has 0 heterocycles. The molecule has 1 aromatic carbocycles. The smallest absolute Gasteiger partial charge is 0.0543 e. The van der Waals surface area contributed by atoms with Gasteiger partial charge < -0.3 is 5.11 Å². The van der Waals surface area contributed by atoms with Crippen LogP contribution in [0.2, 0.25) is 0 Å². The lowest BCUT2D eigenvalue weighted by atomic mass is 9.49. The molecule has 0 amide bonds. The molecule has 2 fully saturated rings. The molecule has 2 saturated carbocycles. The minimum absolute atomic E-state index is 0.0320. The SMILES string of the molecule is Cc1ccc2c(c1C)CC[C@H]1[C@@H]2CC[C@@H]2C[C@@H](O)CC[C@@]21C. The Balaban J connectivity index is 1.72. The Morgan fingerprint density at radius 3 is 2.73 bits per heavy atom. The lowest BCUT2D eigenvalue weighted by Gasteiger charge is -2.56. The van der Waals surface area contributed by atoms with Crippen molar-refractivity contribution in [2.24, 2.45) is 17.3 Å². The van der Waals surface area contributed by atoms with Crippen LogP contribution in [-0.2, 0) is 6.42 Å². The molecule has 1 nitrogen and oxygen atoms in total. The Bertz CT molecular complexity index is 590. The molecular weight excluding hydrogens is 268 g/mol. The van der Waals surface area contributed by atoms with Gasteiger partial charge >= 0.3 is 0 Å². The molecule has 0 spiro atoms. The van der Waals surface area contributed by atoms with Crippen LogP contribution >= 0.6 is 0 Å². The highest BCUT2D eigenvalue weighted by Crippen LogP contribution is 2.60. The zero-order chi connectivity index (χ0) is 15.5. The van der Waals surface area contributed by atoms with Crippen molar-refractivity contribution in [3.8, 4) is 0 Å². The van der Waals surface area contributed by atoms with Gasteiger partial charge in [-0.2, -0.15) is 0 Å². The number of rotatable bonds is 0. The second kappa shape index (κ2) is 5.09. The molecular formula is C21H30O. The Morgan fingerprint density at radius 2 is 1.91 bits per heavy atom. The molecule has 120 valence electrons. The van der Waals surface area contributed by atoms with Crippen LogP contribution < -0.4 is 0 Å². The molecule has 3 aliphatic rings. The van der Waals surface area contributed by atoms with Crippen LogP contribution in [0.5, 0.6) is 0 Å². The number of aliphatic hydroxyl groups excluding tert-OH is 1. The highest BCUT2D eigenvalue weighted by molar-refractivity contribution is 5.44. The van der Waals surface area contributed by atoms with Crippen molar-refractivity contribution in [1.82, 2.24) is 0 Å². The second-order valence-electron chi connectivity index (χ2n) is 8.54. The largest absolute Gasteiger partial charge is 0.393 e. The van der Waals surface area contributed by atoms with Crippen LogP contribution in [0.3, 0.4) is 0 Å². The molecule has 0 aromatic heterocycles. The Labute approximate surface area is 135 Å². The first-order valence-corrected chi connectivity index (χ1v) is 9.27. The van der Waals surface area contributed by atoms with Crippen LogP contribution in [0, 0.1) is 31.1 Å². The van der Waals surface area contributed by atoms with Crippen LogP contribution in [0.4, 0.5) is 0 Å². The van der Waals surface area contributed by atoms with Crippen LogP contribution in [0.1, 0.15) is 73.6 Å². The standard InChI is InChI=1S/C21H30O/c1-13-4-6-18-17(14(13)2)8-9-20-19(18)7-5-15-12-16(22)10-11-21(15,20)3/h4,6,15-16,19-20,22H,5,7-12H2,1-3H3/t15-,16+,19-,20+,21+/m1/s1. The molecule has 5 atom stereocenters. The Morgan fingerprint density at radius 1 is 1.09 bits per heavy atom. The first-order valence-electron chi connectivity index (χ1n) is 9.27. The number of hydrogen-bond donors (Lipinski definition) is 1. The summed E-state index contributed by atoms with van der Waals surface area (Å²) >= 11 is 0. The van der Waals surface area contributed by atoms with Gasteiger partial charge in [0.2, 0.25) is 0 Å². The maximum absolute atomic E-state index is 10.1. The van der Waals surface area contributed by atoms with E-state index in [2.05, 4.69) is 32.9 Å². The molecule has 22 heavy (non-hydrogen) atoms. The van der Waals surface area contributed by atoms with Crippen molar-refractivity contribution < 1.29 is 5.11 Å². The highest BCUT2D eigenvalue weighted by atomic mass is 16.3. The van der Waals surface area contributed by atoms with Crippen molar-refractivity contribution in [2.75, 3.05) is 0 Å². The first-order chi connectivity index (χ1) is 10.5. The zero-order valence-electron chi connectivity index (χ0n) is 14.4. The van der Waals surface area contributed by atoms with E-state index in [1.807, 2.05) is 0 Å². The van der Waals surface area contributed by atoms with Gasteiger partial charge in [0.25, 0.3) is 0 Å². The molecule has 0 aliphatic heterocycles. The fraction of sp³-hybridized carbons (Fsp3) is 0.714. The summed E-state index contributed by atoms with van der Waals surface area (Å²) in [7, 11) is 0. The van der Waals surface area contributed by atoms with E-state index in [4.69, 9.17) is 0 Å². The average Bonchev–Trinajstić information content (AvgIpc) is 2.51. The summed E-state index contributed by atoms with van der Waals surface area (Å²) < 4.78 is 0. The quantitative estimate of drug-likeness (QED) is 0.721. The van der Waals surface area contributed by atoms with E-state index in [9.17, 15) is 5.11 Å². The van der Waals surface area contributed by atoms with Gasteiger partial charge in [0, 0.05) is 0 Å².